The number of nitrogens with two attached hydrogens (primary N) is 1. The average Bonchev–Trinajstić information content (AvgIpc) is 2.46. The molecular weight excluding hydrogens is 304 g/mol. The Hall–Kier alpha value is -2.97. The smallest absolute Gasteiger partial charge is 0.294 e. The molecule has 0 bridgehead atoms. The van der Waals surface area contributed by atoms with E-state index in [4.69, 9.17) is 10.5 Å². The molecule has 0 spiro atoms. The zero-order valence-electron chi connectivity index (χ0n) is 12.8. The quantitative estimate of drug-likeness (QED) is 0.649. The first-order valence-corrected chi connectivity index (χ1v) is 6.88. The summed E-state index contributed by atoms with van der Waals surface area (Å²) in [7, 11) is 0. The minimum atomic E-state index is -1.01. The molecule has 1 atom stereocenters. The summed E-state index contributed by atoms with van der Waals surface area (Å²) in [5.74, 6) is -0.836. The summed E-state index contributed by atoms with van der Waals surface area (Å²) < 4.78 is 6.65. The number of carbonyl (C=O) groups excluding carboxylic acids is 1. The molecule has 2 aromatic heterocycles. The van der Waals surface area contributed by atoms with E-state index >= 15 is 0 Å². The maximum absolute atomic E-state index is 12.5. The molecule has 2 N–H and O–H groups in total. The first kappa shape index (κ1) is 16.4. The zero-order chi connectivity index (χ0) is 17.3. The monoisotopic (exact) mass is 320 g/mol. The average molecular weight is 320 g/mol. The second kappa shape index (κ2) is 6.03. The van der Waals surface area contributed by atoms with Crippen LogP contribution in [0.5, 0.6) is 5.75 Å². The van der Waals surface area contributed by atoms with Crippen molar-refractivity contribution in [2.45, 2.75) is 32.9 Å². The van der Waals surface area contributed by atoms with Gasteiger partial charge in [-0.05, 0) is 26.8 Å². The standard InChI is InChI=1S/C14H16N4O5/c1-7(2)17-13-9(4-10(6-16-13)18(21)22)5-11(14(17)20)23-8(3)12(15)19/h4-8H,1-3H3,(H2,15,19). The van der Waals surface area contributed by atoms with Crippen molar-refractivity contribution in [3.8, 4) is 5.75 Å². The van der Waals surface area contributed by atoms with Crippen LogP contribution in [0.4, 0.5) is 5.69 Å². The highest BCUT2D eigenvalue weighted by atomic mass is 16.6. The third-order valence-electron chi connectivity index (χ3n) is 3.26. The number of carbonyl (C=O) groups is 1. The third kappa shape index (κ3) is 3.12. The second-order valence-corrected chi connectivity index (χ2v) is 5.30. The first-order valence-electron chi connectivity index (χ1n) is 6.88. The minimum Gasteiger partial charge on any atom is -0.475 e. The van der Waals surface area contributed by atoms with Gasteiger partial charge in [-0.25, -0.2) is 4.98 Å². The molecule has 122 valence electrons. The zero-order valence-corrected chi connectivity index (χ0v) is 12.8. The van der Waals surface area contributed by atoms with Crippen molar-refractivity contribution >= 4 is 22.6 Å². The van der Waals surface area contributed by atoms with Gasteiger partial charge in [-0.1, -0.05) is 0 Å². The SMILES string of the molecule is CC(Oc1cc2cc([N+](=O)[O-])cnc2n(C(C)C)c1=O)C(N)=O. The molecule has 0 aromatic carbocycles. The first-order chi connectivity index (χ1) is 10.7. The number of aromatic nitrogens is 2. The summed E-state index contributed by atoms with van der Waals surface area (Å²) in [6, 6.07) is 2.37. The van der Waals surface area contributed by atoms with Crippen molar-refractivity contribution in [1.82, 2.24) is 9.55 Å². The minimum absolute atomic E-state index is 0.111. The number of hydrogen-bond acceptors (Lipinski definition) is 6. The van der Waals surface area contributed by atoms with Gasteiger partial charge < -0.3 is 10.5 Å². The molecule has 0 saturated heterocycles. The molecule has 0 aliphatic carbocycles. The Kier molecular flexibility index (Phi) is 4.30. The third-order valence-corrected chi connectivity index (χ3v) is 3.26. The summed E-state index contributed by atoms with van der Waals surface area (Å²) in [5.41, 5.74) is 4.74. The molecule has 2 rings (SSSR count). The van der Waals surface area contributed by atoms with E-state index in [0.29, 0.717) is 11.0 Å². The van der Waals surface area contributed by atoms with E-state index in [1.165, 1.54) is 23.6 Å². The number of nitro groups is 1. The van der Waals surface area contributed by atoms with Crippen molar-refractivity contribution in [3.63, 3.8) is 0 Å². The summed E-state index contributed by atoms with van der Waals surface area (Å²) in [5, 5.41) is 11.2. The second-order valence-electron chi connectivity index (χ2n) is 5.30. The maximum atomic E-state index is 12.5. The molecule has 2 aromatic rings. The lowest BCUT2D eigenvalue weighted by atomic mass is 10.2. The normalized spacial score (nSPS) is 12.3. The van der Waals surface area contributed by atoms with Gasteiger partial charge >= 0.3 is 0 Å². The molecule has 9 nitrogen and oxygen atoms in total. The molecule has 0 radical (unpaired) electrons. The number of pyridine rings is 2. The van der Waals surface area contributed by atoms with Crippen molar-refractivity contribution in [3.05, 3.63) is 38.8 Å². The van der Waals surface area contributed by atoms with E-state index in [1.54, 1.807) is 13.8 Å². The van der Waals surface area contributed by atoms with Crippen LogP contribution in [0.1, 0.15) is 26.8 Å². The highest BCUT2D eigenvalue weighted by molar-refractivity contribution is 5.80. The summed E-state index contributed by atoms with van der Waals surface area (Å²) >= 11 is 0. The van der Waals surface area contributed by atoms with E-state index in [9.17, 15) is 19.7 Å². The molecule has 0 aliphatic heterocycles. The van der Waals surface area contributed by atoms with Gasteiger partial charge in [0.15, 0.2) is 11.9 Å². The highest BCUT2D eigenvalue weighted by Gasteiger charge is 2.19. The number of primary amides is 1. The number of ether oxygens (including phenoxy) is 1. The van der Waals surface area contributed by atoms with Gasteiger partial charge in [0, 0.05) is 17.5 Å². The van der Waals surface area contributed by atoms with Crippen molar-refractivity contribution in [2.24, 2.45) is 5.73 Å². The molecule has 0 saturated carbocycles. The summed E-state index contributed by atoms with van der Waals surface area (Å²) in [4.78, 5) is 38.0. The van der Waals surface area contributed by atoms with Gasteiger partial charge in [-0.3, -0.25) is 24.3 Å². The maximum Gasteiger partial charge on any atom is 0.294 e. The number of amides is 1. The van der Waals surface area contributed by atoms with Crippen LogP contribution in [0, 0.1) is 10.1 Å². The molecule has 1 amide bonds. The van der Waals surface area contributed by atoms with Crippen LogP contribution < -0.4 is 16.0 Å². The number of rotatable bonds is 5. The Bertz CT molecular complexity index is 843. The van der Waals surface area contributed by atoms with E-state index in [-0.39, 0.29) is 17.5 Å². The van der Waals surface area contributed by atoms with Gasteiger partial charge in [0.25, 0.3) is 17.2 Å². The van der Waals surface area contributed by atoms with Gasteiger partial charge in [-0.2, -0.15) is 0 Å². The Morgan fingerprint density at radius 3 is 2.57 bits per heavy atom. The predicted octanol–water partition coefficient (Wildman–Crippen LogP) is 1.14. The molecule has 1 unspecified atom stereocenters. The van der Waals surface area contributed by atoms with E-state index in [0.717, 1.165) is 6.20 Å². The van der Waals surface area contributed by atoms with E-state index < -0.39 is 22.5 Å². The fraction of sp³-hybridized carbons (Fsp3) is 0.357. The Balaban J connectivity index is 2.72. The topological polar surface area (TPSA) is 130 Å². The van der Waals surface area contributed by atoms with Gasteiger partial charge in [0.2, 0.25) is 0 Å². The summed E-state index contributed by atoms with van der Waals surface area (Å²) in [6.45, 7) is 4.95. The molecular formula is C14H16N4O5. The largest absolute Gasteiger partial charge is 0.475 e. The fourth-order valence-electron chi connectivity index (χ4n) is 2.10. The van der Waals surface area contributed by atoms with Crippen LogP contribution in [0.15, 0.2) is 23.1 Å². The van der Waals surface area contributed by atoms with Crippen LogP contribution in [0.25, 0.3) is 11.0 Å². The number of hydrogen-bond donors (Lipinski definition) is 1. The lowest BCUT2D eigenvalue weighted by molar-refractivity contribution is -0.385. The predicted molar refractivity (Wildman–Crippen MR) is 82.3 cm³/mol. The Morgan fingerprint density at radius 1 is 1.39 bits per heavy atom. The van der Waals surface area contributed by atoms with E-state index in [2.05, 4.69) is 4.98 Å². The van der Waals surface area contributed by atoms with Crippen LogP contribution in [-0.2, 0) is 4.79 Å². The number of nitrogens with zero attached hydrogens (tertiary/aromatic N) is 3. The van der Waals surface area contributed by atoms with Crippen molar-refractivity contribution < 1.29 is 14.5 Å². The highest BCUT2D eigenvalue weighted by Crippen LogP contribution is 2.23. The van der Waals surface area contributed by atoms with Gasteiger partial charge in [0.1, 0.15) is 11.8 Å². The van der Waals surface area contributed by atoms with Crippen molar-refractivity contribution in [2.75, 3.05) is 0 Å². The molecule has 2 heterocycles. The summed E-state index contributed by atoms with van der Waals surface area (Å²) in [6.07, 6.45) is 0.0835. The van der Waals surface area contributed by atoms with Crippen LogP contribution in [0.3, 0.4) is 0 Å². The molecule has 23 heavy (non-hydrogen) atoms. The molecule has 9 heteroatoms. The Labute approximate surface area is 130 Å². The Morgan fingerprint density at radius 2 is 2.04 bits per heavy atom. The van der Waals surface area contributed by atoms with Crippen molar-refractivity contribution in [1.29, 1.82) is 0 Å². The fourth-order valence-corrected chi connectivity index (χ4v) is 2.10. The van der Waals surface area contributed by atoms with E-state index in [1.807, 2.05) is 0 Å². The van der Waals surface area contributed by atoms with Gasteiger partial charge in [-0.15, -0.1) is 0 Å². The lowest BCUT2D eigenvalue weighted by Crippen LogP contribution is -2.34. The van der Waals surface area contributed by atoms with Crippen LogP contribution in [0.2, 0.25) is 0 Å². The van der Waals surface area contributed by atoms with Crippen LogP contribution >= 0.6 is 0 Å². The molecule has 0 fully saturated rings. The molecule has 0 aliphatic rings. The van der Waals surface area contributed by atoms with Crippen LogP contribution in [-0.4, -0.2) is 26.5 Å². The lowest BCUT2D eigenvalue weighted by Gasteiger charge is -2.17. The number of fused-ring (bicyclic) bond motifs is 1. The van der Waals surface area contributed by atoms with Gasteiger partial charge in [0.05, 0.1) is 4.92 Å².